The minimum Gasteiger partial charge on any atom is -0.343 e. The number of anilines is 1. The van der Waals surface area contributed by atoms with Crippen molar-refractivity contribution in [2.45, 2.75) is 30.1 Å². The molecule has 4 nitrogen and oxygen atoms in total. The van der Waals surface area contributed by atoms with Crippen molar-refractivity contribution in [3.63, 3.8) is 0 Å². The van der Waals surface area contributed by atoms with E-state index in [0.29, 0.717) is 18.7 Å². The van der Waals surface area contributed by atoms with E-state index in [1.54, 1.807) is 6.07 Å². The maximum atomic E-state index is 13.5. The molecule has 1 aromatic rings. The predicted octanol–water partition coefficient (Wildman–Crippen LogP) is 2.60. The van der Waals surface area contributed by atoms with Gasteiger partial charge >= 0.3 is 0 Å². The molecule has 1 atom stereocenters. The minimum absolute atomic E-state index is 0.0240. The number of benzene rings is 1. The van der Waals surface area contributed by atoms with Crippen LogP contribution >= 0.6 is 23.4 Å². The van der Waals surface area contributed by atoms with E-state index in [9.17, 15) is 14.0 Å². The fourth-order valence-electron chi connectivity index (χ4n) is 2.65. The normalized spacial score (nSPS) is 22.8. The van der Waals surface area contributed by atoms with Crippen molar-refractivity contribution in [2.75, 3.05) is 17.7 Å². The number of rotatable bonds is 4. The quantitative estimate of drug-likeness (QED) is 0.915. The van der Waals surface area contributed by atoms with E-state index in [4.69, 9.17) is 11.6 Å². The molecule has 1 aromatic carbocycles. The molecule has 1 aliphatic carbocycles. The summed E-state index contributed by atoms with van der Waals surface area (Å²) in [5.41, 5.74) is 0.467. The Hall–Kier alpha value is -1.27. The summed E-state index contributed by atoms with van der Waals surface area (Å²) in [6.45, 7) is 0.455. The zero-order valence-electron chi connectivity index (χ0n) is 12.1. The summed E-state index contributed by atoms with van der Waals surface area (Å²) in [6, 6.07) is 3.75. The summed E-state index contributed by atoms with van der Waals surface area (Å²) in [5.74, 6) is -0.826. The minimum atomic E-state index is -0.557. The molecule has 0 spiro atoms. The largest absolute Gasteiger partial charge is 0.343 e. The lowest BCUT2D eigenvalue weighted by Crippen LogP contribution is -2.45. The van der Waals surface area contributed by atoms with E-state index >= 15 is 0 Å². The van der Waals surface area contributed by atoms with E-state index < -0.39 is 11.9 Å². The lowest BCUT2D eigenvalue weighted by molar-refractivity contribution is -0.126. The van der Waals surface area contributed by atoms with Crippen molar-refractivity contribution in [1.29, 1.82) is 0 Å². The highest BCUT2D eigenvalue weighted by molar-refractivity contribution is 8.01. The van der Waals surface area contributed by atoms with Crippen molar-refractivity contribution in [3.05, 3.63) is 29.0 Å². The Balaban J connectivity index is 1.69. The van der Waals surface area contributed by atoms with Crippen molar-refractivity contribution in [2.24, 2.45) is 0 Å². The topological polar surface area (TPSA) is 49.4 Å². The summed E-state index contributed by atoms with van der Waals surface area (Å²) < 4.78 is 13.2. The molecule has 3 rings (SSSR count). The number of hydrogen-bond donors (Lipinski definition) is 1. The standard InChI is InChI=1S/C15H16ClFN2O2S/c1-22-15(5-6-15)14(21)18-12-4-7-19(13(12)20)9-2-3-10(16)11(17)8-9/h2-3,8,12H,4-7H2,1H3,(H,18,21)/t12-/m0/s1. The molecular weight excluding hydrogens is 327 g/mol. The van der Waals surface area contributed by atoms with Gasteiger partial charge in [-0.3, -0.25) is 9.59 Å². The van der Waals surface area contributed by atoms with Crippen molar-refractivity contribution in [1.82, 2.24) is 5.32 Å². The number of nitrogens with zero attached hydrogens (tertiary/aromatic N) is 1. The van der Waals surface area contributed by atoms with E-state index in [0.717, 1.165) is 12.8 Å². The van der Waals surface area contributed by atoms with E-state index in [2.05, 4.69) is 5.32 Å². The number of thioether (sulfide) groups is 1. The second-order valence-electron chi connectivity index (χ2n) is 5.60. The van der Waals surface area contributed by atoms with Gasteiger partial charge in [0.25, 0.3) is 0 Å². The molecule has 1 heterocycles. The fraction of sp³-hybridized carbons (Fsp3) is 0.467. The molecule has 118 valence electrons. The lowest BCUT2D eigenvalue weighted by Gasteiger charge is -2.19. The zero-order valence-corrected chi connectivity index (χ0v) is 13.6. The van der Waals surface area contributed by atoms with Crippen LogP contribution in [-0.2, 0) is 9.59 Å². The molecule has 22 heavy (non-hydrogen) atoms. The second-order valence-corrected chi connectivity index (χ2v) is 7.20. The van der Waals surface area contributed by atoms with Gasteiger partial charge in [0.15, 0.2) is 0 Å². The maximum absolute atomic E-state index is 13.5. The molecule has 1 N–H and O–H groups in total. The Morgan fingerprint density at radius 1 is 1.50 bits per heavy atom. The van der Waals surface area contributed by atoms with Crippen molar-refractivity contribution >= 4 is 40.9 Å². The molecule has 1 aliphatic heterocycles. The average Bonchev–Trinajstić information content (AvgIpc) is 3.23. The molecule has 7 heteroatoms. The molecule has 0 radical (unpaired) electrons. The monoisotopic (exact) mass is 342 g/mol. The van der Waals surface area contributed by atoms with Gasteiger partial charge in [0.2, 0.25) is 11.8 Å². The van der Waals surface area contributed by atoms with Crippen LogP contribution in [0.5, 0.6) is 0 Å². The maximum Gasteiger partial charge on any atom is 0.249 e. The van der Waals surface area contributed by atoms with Gasteiger partial charge in [-0.2, -0.15) is 0 Å². The Morgan fingerprint density at radius 2 is 2.23 bits per heavy atom. The van der Waals surface area contributed by atoms with Crippen LogP contribution in [-0.4, -0.2) is 35.4 Å². The first-order chi connectivity index (χ1) is 10.5. The smallest absolute Gasteiger partial charge is 0.249 e. The molecule has 2 amide bonds. The third-order valence-corrected chi connectivity index (χ3v) is 5.92. The molecule has 0 aromatic heterocycles. The number of carbonyl (C=O) groups is 2. The van der Waals surface area contributed by atoms with Crippen LogP contribution in [0.1, 0.15) is 19.3 Å². The number of amides is 2. The third kappa shape index (κ3) is 2.70. The van der Waals surface area contributed by atoms with Gasteiger partial charge in [0.1, 0.15) is 11.9 Å². The number of hydrogen-bond acceptors (Lipinski definition) is 3. The van der Waals surface area contributed by atoms with Crippen LogP contribution in [0.15, 0.2) is 18.2 Å². The molecule has 0 unspecified atom stereocenters. The van der Waals surface area contributed by atoms with Gasteiger partial charge < -0.3 is 10.2 Å². The Kier molecular flexibility index (Phi) is 4.07. The van der Waals surface area contributed by atoms with E-state index in [1.165, 1.54) is 28.8 Å². The van der Waals surface area contributed by atoms with Crippen LogP contribution in [0.25, 0.3) is 0 Å². The van der Waals surface area contributed by atoms with Gasteiger partial charge in [-0.05, 0) is 43.7 Å². The fourth-order valence-corrected chi connectivity index (χ4v) is 3.52. The first-order valence-electron chi connectivity index (χ1n) is 7.09. The summed E-state index contributed by atoms with van der Waals surface area (Å²) in [5, 5.41) is 2.86. The third-order valence-electron chi connectivity index (χ3n) is 4.23. The molecular formula is C15H16ClFN2O2S. The zero-order chi connectivity index (χ0) is 15.9. The number of nitrogens with one attached hydrogen (secondary N) is 1. The van der Waals surface area contributed by atoms with Crippen LogP contribution < -0.4 is 10.2 Å². The Morgan fingerprint density at radius 3 is 2.82 bits per heavy atom. The highest BCUT2D eigenvalue weighted by Gasteiger charge is 2.50. The number of halogens is 2. The van der Waals surface area contributed by atoms with E-state index in [1.807, 2.05) is 6.26 Å². The summed E-state index contributed by atoms with van der Waals surface area (Å²) in [4.78, 5) is 26.1. The molecule has 0 bridgehead atoms. The highest BCUT2D eigenvalue weighted by atomic mass is 35.5. The Bertz CT molecular complexity index is 636. The van der Waals surface area contributed by atoms with Crippen LogP contribution in [0.3, 0.4) is 0 Å². The molecule has 2 aliphatic rings. The first-order valence-corrected chi connectivity index (χ1v) is 8.70. The van der Waals surface area contributed by atoms with Crippen LogP contribution in [0, 0.1) is 5.82 Å². The SMILES string of the molecule is CSC1(C(=O)N[C@H]2CCN(c3ccc(Cl)c(F)c3)C2=O)CC1. The number of carbonyl (C=O) groups excluding carboxylic acids is 2. The molecule has 1 saturated carbocycles. The van der Waals surface area contributed by atoms with Crippen LogP contribution in [0.4, 0.5) is 10.1 Å². The Labute approximate surface area is 137 Å². The summed E-state index contributed by atoms with van der Waals surface area (Å²) in [7, 11) is 0. The molecule has 2 fully saturated rings. The second kappa shape index (κ2) is 5.74. The van der Waals surface area contributed by atoms with Crippen molar-refractivity contribution < 1.29 is 14.0 Å². The predicted molar refractivity (Wildman–Crippen MR) is 85.8 cm³/mol. The van der Waals surface area contributed by atoms with Crippen LogP contribution in [0.2, 0.25) is 5.02 Å². The lowest BCUT2D eigenvalue weighted by atomic mass is 10.2. The van der Waals surface area contributed by atoms with Gasteiger partial charge in [-0.25, -0.2) is 4.39 Å². The summed E-state index contributed by atoms with van der Waals surface area (Å²) >= 11 is 7.19. The van der Waals surface area contributed by atoms with Gasteiger partial charge in [0, 0.05) is 12.2 Å². The van der Waals surface area contributed by atoms with Gasteiger partial charge in [-0.1, -0.05) is 11.6 Å². The highest BCUT2D eigenvalue weighted by Crippen LogP contribution is 2.47. The van der Waals surface area contributed by atoms with Gasteiger partial charge in [-0.15, -0.1) is 11.8 Å². The first kappa shape index (κ1) is 15.6. The average molecular weight is 343 g/mol. The van der Waals surface area contributed by atoms with Gasteiger partial charge in [0.05, 0.1) is 9.77 Å². The van der Waals surface area contributed by atoms with Crippen molar-refractivity contribution in [3.8, 4) is 0 Å². The van der Waals surface area contributed by atoms with E-state index in [-0.39, 0.29) is 21.6 Å². The summed E-state index contributed by atoms with van der Waals surface area (Å²) in [6.07, 6.45) is 4.14. The molecule has 1 saturated heterocycles.